The zero-order chi connectivity index (χ0) is 21.8. The number of rotatable bonds is 7. The molecule has 1 amide bonds. The third-order valence-electron chi connectivity index (χ3n) is 7.95. The summed E-state index contributed by atoms with van der Waals surface area (Å²) in [6, 6.07) is 7.03. The molecule has 4 rings (SSSR count). The number of amides is 1. The van der Waals surface area contributed by atoms with Gasteiger partial charge in [-0.1, -0.05) is 38.7 Å². The fraction of sp³-hybridized carbons (Fsp3) is 0.704. The maximum Gasteiger partial charge on any atom is 0.224 e. The largest absolute Gasteiger partial charge is 0.340 e. The van der Waals surface area contributed by atoms with Gasteiger partial charge in [0.25, 0.3) is 0 Å². The van der Waals surface area contributed by atoms with Crippen molar-refractivity contribution in [1.29, 1.82) is 0 Å². The minimum atomic E-state index is 0.324. The van der Waals surface area contributed by atoms with E-state index in [1.54, 1.807) is 0 Å². The smallest absolute Gasteiger partial charge is 0.224 e. The molecule has 1 aromatic carbocycles. The van der Waals surface area contributed by atoms with E-state index in [1.807, 2.05) is 0 Å². The summed E-state index contributed by atoms with van der Waals surface area (Å²) in [6.07, 6.45) is 13.2. The van der Waals surface area contributed by atoms with Crippen molar-refractivity contribution in [3.05, 3.63) is 29.6 Å². The standard InChI is InChI=1S/C27H41N3O/c1-4-21-12-14-22(15-13-21)27-28-24-16-11-20(3)19-25(24)30(27)18-17-26(31)29(5-2)23-9-7-6-8-10-23/h11,16,19,21-23H,4-10,12-15,17-18H2,1-3H3. The van der Waals surface area contributed by atoms with Gasteiger partial charge in [0, 0.05) is 31.5 Å². The zero-order valence-electron chi connectivity index (χ0n) is 19.9. The zero-order valence-corrected chi connectivity index (χ0v) is 19.9. The van der Waals surface area contributed by atoms with Gasteiger partial charge in [0.2, 0.25) is 5.91 Å². The van der Waals surface area contributed by atoms with Crippen LogP contribution in [-0.4, -0.2) is 32.9 Å². The first-order valence-electron chi connectivity index (χ1n) is 12.9. The number of carbonyl (C=O) groups excluding carboxylic acids is 1. The minimum Gasteiger partial charge on any atom is -0.340 e. The van der Waals surface area contributed by atoms with Gasteiger partial charge < -0.3 is 9.47 Å². The van der Waals surface area contributed by atoms with Crippen LogP contribution in [0, 0.1) is 12.8 Å². The number of carbonyl (C=O) groups is 1. The molecule has 2 fully saturated rings. The molecule has 0 atom stereocenters. The topological polar surface area (TPSA) is 38.1 Å². The third-order valence-corrected chi connectivity index (χ3v) is 7.95. The average molecular weight is 424 g/mol. The Morgan fingerprint density at radius 3 is 2.48 bits per heavy atom. The first-order valence-corrected chi connectivity index (χ1v) is 12.9. The summed E-state index contributed by atoms with van der Waals surface area (Å²) in [7, 11) is 0. The first-order chi connectivity index (χ1) is 15.1. The van der Waals surface area contributed by atoms with Crippen LogP contribution in [0.1, 0.15) is 102 Å². The van der Waals surface area contributed by atoms with Crippen LogP contribution in [0.3, 0.4) is 0 Å². The molecule has 0 saturated heterocycles. The molecule has 0 bridgehead atoms. The summed E-state index contributed by atoms with van der Waals surface area (Å²) in [4.78, 5) is 20.5. The van der Waals surface area contributed by atoms with Gasteiger partial charge in [-0.15, -0.1) is 0 Å². The second-order valence-corrected chi connectivity index (χ2v) is 9.96. The van der Waals surface area contributed by atoms with Crippen LogP contribution in [0.2, 0.25) is 0 Å². The molecule has 170 valence electrons. The second-order valence-electron chi connectivity index (χ2n) is 9.96. The number of aromatic nitrogens is 2. The summed E-state index contributed by atoms with van der Waals surface area (Å²) < 4.78 is 2.39. The Morgan fingerprint density at radius 2 is 1.81 bits per heavy atom. The predicted octanol–water partition coefficient (Wildman–Crippen LogP) is 6.60. The Hall–Kier alpha value is -1.84. The van der Waals surface area contributed by atoms with E-state index in [0.29, 0.717) is 24.3 Å². The summed E-state index contributed by atoms with van der Waals surface area (Å²) in [6.45, 7) is 8.20. The van der Waals surface area contributed by atoms with Gasteiger partial charge in [-0.05, 0) is 76.0 Å². The van der Waals surface area contributed by atoms with Crippen LogP contribution in [0.5, 0.6) is 0 Å². The summed E-state index contributed by atoms with van der Waals surface area (Å²) >= 11 is 0. The van der Waals surface area contributed by atoms with Gasteiger partial charge in [0.1, 0.15) is 5.82 Å². The monoisotopic (exact) mass is 423 g/mol. The van der Waals surface area contributed by atoms with Crippen LogP contribution < -0.4 is 0 Å². The highest BCUT2D eigenvalue weighted by Gasteiger charge is 2.28. The SMILES string of the molecule is CCC1CCC(c2nc3ccc(C)cc3n2CCC(=O)N(CC)C2CCCCC2)CC1. The predicted molar refractivity (Wildman–Crippen MR) is 128 cm³/mol. The van der Waals surface area contributed by atoms with Crippen LogP contribution in [0.4, 0.5) is 0 Å². The molecule has 0 N–H and O–H groups in total. The minimum absolute atomic E-state index is 0.324. The van der Waals surface area contributed by atoms with Crippen molar-refractivity contribution < 1.29 is 4.79 Å². The van der Waals surface area contributed by atoms with E-state index in [9.17, 15) is 4.79 Å². The fourth-order valence-corrected chi connectivity index (χ4v) is 6.01. The molecule has 2 aromatic rings. The Balaban J connectivity index is 1.54. The van der Waals surface area contributed by atoms with E-state index in [4.69, 9.17) is 4.98 Å². The number of nitrogens with zero attached hydrogens (tertiary/aromatic N) is 3. The third kappa shape index (κ3) is 4.99. The second kappa shape index (κ2) is 10.2. The molecule has 2 saturated carbocycles. The van der Waals surface area contributed by atoms with Crippen LogP contribution in [0.25, 0.3) is 11.0 Å². The number of hydrogen-bond acceptors (Lipinski definition) is 2. The molecule has 0 aliphatic heterocycles. The van der Waals surface area contributed by atoms with E-state index < -0.39 is 0 Å². The van der Waals surface area contributed by atoms with Crippen molar-refractivity contribution >= 4 is 16.9 Å². The number of imidazole rings is 1. The van der Waals surface area contributed by atoms with Gasteiger partial charge in [-0.25, -0.2) is 4.98 Å². The molecule has 0 radical (unpaired) electrons. The van der Waals surface area contributed by atoms with Crippen molar-refractivity contribution in [2.45, 2.75) is 110 Å². The van der Waals surface area contributed by atoms with Crippen molar-refractivity contribution in [2.24, 2.45) is 5.92 Å². The van der Waals surface area contributed by atoms with Crippen LogP contribution in [0.15, 0.2) is 18.2 Å². The van der Waals surface area contributed by atoms with Crippen molar-refractivity contribution in [1.82, 2.24) is 14.5 Å². The highest BCUT2D eigenvalue weighted by atomic mass is 16.2. The Morgan fingerprint density at radius 1 is 1.06 bits per heavy atom. The lowest BCUT2D eigenvalue weighted by Gasteiger charge is -2.34. The lowest BCUT2D eigenvalue weighted by atomic mass is 9.80. The number of fused-ring (bicyclic) bond motifs is 1. The van der Waals surface area contributed by atoms with E-state index >= 15 is 0 Å². The molecule has 4 nitrogen and oxygen atoms in total. The van der Waals surface area contributed by atoms with E-state index in [1.165, 1.54) is 81.1 Å². The van der Waals surface area contributed by atoms with E-state index in [0.717, 1.165) is 24.5 Å². The summed E-state index contributed by atoms with van der Waals surface area (Å²) in [5.41, 5.74) is 3.56. The lowest BCUT2D eigenvalue weighted by molar-refractivity contribution is -0.134. The highest BCUT2D eigenvalue weighted by Crippen LogP contribution is 2.38. The molecular formula is C27H41N3O. The van der Waals surface area contributed by atoms with Gasteiger partial charge in [0.05, 0.1) is 11.0 Å². The van der Waals surface area contributed by atoms with Gasteiger partial charge in [0.15, 0.2) is 0 Å². The van der Waals surface area contributed by atoms with E-state index in [-0.39, 0.29) is 0 Å². The van der Waals surface area contributed by atoms with Gasteiger partial charge >= 0.3 is 0 Å². The van der Waals surface area contributed by atoms with Crippen LogP contribution >= 0.6 is 0 Å². The number of benzene rings is 1. The molecule has 2 aliphatic rings. The Labute approximate surface area is 188 Å². The number of hydrogen-bond donors (Lipinski definition) is 0. The quantitative estimate of drug-likeness (QED) is 0.503. The maximum absolute atomic E-state index is 13.2. The Kier molecular flexibility index (Phi) is 7.35. The van der Waals surface area contributed by atoms with Gasteiger partial charge in [-0.2, -0.15) is 0 Å². The maximum atomic E-state index is 13.2. The molecule has 0 unspecified atom stereocenters. The fourth-order valence-electron chi connectivity index (χ4n) is 6.01. The average Bonchev–Trinajstić information content (AvgIpc) is 3.16. The first kappa shape index (κ1) is 22.4. The molecule has 1 aromatic heterocycles. The van der Waals surface area contributed by atoms with Gasteiger partial charge in [-0.3, -0.25) is 4.79 Å². The van der Waals surface area contributed by atoms with Crippen molar-refractivity contribution in [2.75, 3.05) is 6.54 Å². The molecular weight excluding hydrogens is 382 g/mol. The summed E-state index contributed by atoms with van der Waals surface area (Å²) in [5, 5.41) is 0. The highest BCUT2D eigenvalue weighted by molar-refractivity contribution is 5.79. The normalized spacial score (nSPS) is 22.7. The Bertz CT molecular complexity index is 872. The molecule has 1 heterocycles. The number of aryl methyl sites for hydroxylation is 2. The molecule has 2 aliphatic carbocycles. The molecule has 4 heteroatoms. The molecule has 0 spiro atoms. The lowest BCUT2D eigenvalue weighted by Crippen LogP contribution is -2.41. The van der Waals surface area contributed by atoms with E-state index in [2.05, 4.69) is 48.4 Å². The van der Waals surface area contributed by atoms with Crippen LogP contribution in [-0.2, 0) is 11.3 Å². The van der Waals surface area contributed by atoms with Crippen molar-refractivity contribution in [3.63, 3.8) is 0 Å². The van der Waals surface area contributed by atoms with Crippen molar-refractivity contribution in [3.8, 4) is 0 Å². The summed E-state index contributed by atoms with van der Waals surface area (Å²) in [5.74, 6) is 2.96. The molecule has 31 heavy (non-hydrogen) atoms.